The quantitative estimate of drug-likeness (QED) is 0.0266. The molecule has 216 valence electrons. The summed E-state index contributed by atoms with van der Waals surface area (Å²) in [7, 11) is 0. The standard InChI is InChI=1S/C32H64INO2/c33-31-29-27-25-23-21-19-17-15-13-11-9-7-5-3-1-2-4-6-8-10-12-14-16-18-20-22-24-26-28-30-32(35)34-36/h36H,1-31H2,(H,34,35). The first kappa shape index (κ1) is 36.2. The number of carbonyl (C=O) groups excluding carboxylic acids is 1. The predicted octanol–water partition coefficient (Wildman–Crippen LogP) is 11.6. The summed E-state index contributed by atoms with van der Waals surface area (Å²) in [4.78, 5) is 10.9. The smallest absolute Gasteiger partial charge is 0.243 e. The maximum atomic E-state index is 10.9. The minimum atomic E-state index is -0.255. The van der Waals surface area contributed by atoms with E-state index in [0.717, 1.165) is 12.8 Å². The normalized spacial score (nSPS) is 11.3. The fourth-order valence-corrected chi connectivity index (χ4v) is 5.75. The fourth-order valence-electron chi connectivity index (χ4n) is 5.21. The number of rotatable bonds is 31. The Kier molecular flexibility index (Phi) is 33.3. The van der Waals surface area contributed by atoms with E-state index in [2.05, 4.69) is 22.6 Å². The number of halogens is 1. The monoisotopic (exact) mass is 621 g/mol. The van der Waals surface area contributed by atoms with Crippen LogP contribution in [0.15, 0.2) is 0 Å². The number of hydrogen-bond donors (Lipinski definition) is 2. The van der Waals surface area contributed by atoms with Gasteiger partial charge >= 0.3 is 0 Å². The summed E-state index contributed by atoms with van der Waals surface area (Å²) in [5, 5.41) is 8.44. The van der Waals surface area contributed by atoms with Crippen molar-refractivity contribution in [1.82, 2.24) is 5.48 Å². The van der Waals surface area contributed by atoms with Gasteiger partial charge in [0.25, 0.3) is 0 Å². The number of nitrogens with one attached hydrogen (secondary N) is 1. The molecule has 0 radical (unpaired) electrons. The molecular formula is C32H64INO2. The third kappa shape index (κ3) is 32.2. The van der Waals surface area contributed by atoms with E-state index in [1.54, 1.807) is 5.48 Å². The molecule has 0 aromatic rings. The number of carbonyl (C=O) groups is 1. The third-order valence-electron chi connectivity index (χ3n) is 7.66. The average molecular weight is 622 g/mol. The molecule has 0 saturated heterocycles. The fraction of sp³-hybridized carbons (Fsp3) is 0.969. The molecule has 1 amide bonds. The molecule has 0 saturated carbocycles. The number of amides is 1. The van der Waals surface area contributed by atoms with Gasteiger partial charge in [0, 0.05) is 6.42 Å². The van der Waals surface area contributed by atoms with Crippen molar-refractivity contribution in [1.29, 1.82) is 0 Å². The van der Waals surface area contributed by atoms with Crippen LogP contribution in [0.3, 0.4) is 0 Å². The number of alkyl halides is 1. The third-order valence-corrected chi connectivity index (χ3v) is 8.42. The average Bonchev–Trinajstić information content (AvgIpc) is 2.89. The Hall–Kier alpha value is 0.160. The van der Waals surface area contributed by atoms with Crippen LogP contribution in [0.1, 0.15) is 193 Å². The minimum Gasteiger partial charge on any atom is -0.289 e. The Morgan fingerprint density at radius 3 is 0.778 bits per heavy atom. The van der Waals surface area contributed by atoms with E-state index in [9.17, 15) is 4.79 Å². The Morgan fingerprint density at radius 1 is 0.389 bits per heavy atom. The molecule has 0 bridgehead atoms. The van der Waals surface area contributed by atoms with E-state index in [1.165, 1.54) is 178 Å². The van der Waals surface area contributed by atoms with Gasteiger partial charge in [-0.05, 0) is 17.3 Å². The summed E-state index contributed by atoms with van der Waals surface area (Å²) >= 11 is 2.49. The van der Waals surface area contributed by atoms with Gasteiger partial charge in [0.15, 0.2) is 0 Å². The van der Waals surface area contributed by atoms with Gasteiger partial charge in [-0.3, -0.25) is 10.0 Å². The van der Waals surface area contributed by atoms with Crippen LogP contribution in [0, 0.1) is 0 Å². The molecule has 2 N–H and O–H groups in total. The summed E-state index contributed by atoms with van der Waals surface area (Å²) < 4.78 is 1.33. The van der Waals surface area contributed by atoms with Crippen molar-refractivity contribution in [2.75, 3.05) is 4.43 Å². The van der Waals surface area contributed by atoms with Crippen molar-refractivity contribution >= 4 is 28.5 Å². The number of hydroxylamine groups is 1. The van der Waals surface area contributed by atoms with Crippen LogP contribution >= 0.6 is 22.6 Å². The van der Waals surface area contributed by atoms with E-state index < -0.39 is 0 Å². The maximum absolute atomic E-state index is 10.9. The maximum Gasteiger partial charge on any atom is 0.243 e. The molecule has 0 aliphatic heterocycles. The molecule has 36 heavy (non-hydrogen) atoms. The first-order chi connectivity index (χ1) is 17.8. The molecule has 4 heteroatoms. The zero-order valence-electron chi connectivity index (χ0n) is 24.2. The topological polar surface area (TPSA) is 49.3 Å². The first-order valence-electron chi connectivity index (χ1n) is 16.3. The Bertz CT molecular complexity index is 419. The van der Waals surface area contributed by atoms with Gasteiger partial charge in [-0.25, -0.2) is 5.48 Å². The molecule has 0 aliphatic carbocycles. The van der Waals surface area contributed by atoms with Gasteiger partial charge in [-0.15, -0.1) is 0 Å². The second-order valence-electron chi connectivity index (χ2n) is 11.2. The molecule has 0 heterocycles. The Morgan fingerprint density at radius 2 is 0.583 bits per heavy atom. The minimum absolute atomic E-state index is 0.255. The molecule has 0 aliphatic rings. The summed E-state index contributed by atoms with van der Waals surface area (Å²) in [5.74, 6) is -0.255. The lowest BCUT2D eigenvalue weighted by molar-refractivity contribution is -0.129. The molecule has 0 atom stereocenters. The second kappa shape index (κ2) is 33.2. The molecule has 0 rings (SSSR count). The zero-order valence-corrected chi connectivity index (χ0v) is 26.3. The van der Waals surface area contributed by atoms with Crippen molar-refractivity contribution in [2.45, 2.75) is 193 Å². The Labute approximate surface area is 240 Å². The van der Waals surface area contributed by atoms with Gasteiger partial charge in [0.2, 0.25) is 5.91 Å². The molecule has 0 spiro atoms. The summed E-state index contributed by atoms with van der Waals surface area (Å²) in [6, 6.07) is 0. The van der Waals surface area contributed by atoms with Crippen molar-refractivity contribution in [3.63, 3.8) is 0 Å². The highest BCUT2D eigenvalue weighted by Gasteiger charge is 1.99. The molecule has 0 aromatic carbocycles. The van der Waals surface area contributed by atoms with Crippen LogP contribution in [-0.4, -0.2) is 15.5 Å². The lowest BCUT2D eigenvalue weighted by atomic mass is 10.0. The number of hydrogen-bond acceptors (Lipinski definition) is 2. The molecule has 0 unspecified atom stereocenters. The van der Waals surface area contributed by atoms with Crippen molar-refractivity contribution < 1.29 is 10.0 Å². The predicted molar refractivity (Wildman–Crippen MR) is 167 cm³/mol. The Balaban J connectivity index is 3.03. The van der Waals surface area contributed by atoms with E-state index in [0.29, 0.717) is 6.42 Å². The van der Waals surface area contributed by atoms with Crippen LogP contribution in [0.4, 0.5) is 0 Å². The van der Waals surface area contributed by atoms with E-state index >= 15 is 0 Å². The highest BCUT2D eigenvalue weighted by Crippen LogP contribution is 2.16. The SMILES string of the molecule is O=C(CCCCCCCCCCCCCCCCCCCCCCCCCCCCCCCI)NO. The number of unbranched alkanes of at least 4 members (excludes halogenated alkanes) is 28. The second-order valence-corrected chi connectivity index (χ2v) is 12.3. The largest absolute Gasteiger partial charge is 0.289 e. The van der Waals surface area contributed by atoms with Gasteiger partial charge in [0.05, 0.1) is 0 Å². The summed E-state index contributed by atoms with van der Waals surface area (Å²) in [6.07, 6.45) is 41.2. The summed E-state index contributed by atoms with van der Waals surface area (Å²) in [5.41, 5.74) is 1.70. The molecule has 0 aromatic heterocycles. The van der Waals surface area contributed by atoms with Crippen molar-refractivity contribution in [2.24, 2.45) is 0 Å². The van der Waals surface area contributed by atoms with Crippen molar-refractivity contribution in [3.8, 4) is 0 Å². The zero-order chi connectivity index (χ0) is 26.2. The van der Waals surface area contributed by atoms with Crippen LogP contribution in [0.5, 0.6) is 0 Å². The van der Waals surface area contributed by atoms with Crippen LogP contribution in [0.25, 0.3) is 0 Å². The first-order valence-corrected chi connectivity index (χ1v) is 17.8. The lowest BCUT2D eigenvalue weighted by Gasteiger charge is -2.04. The van der Waals surface area contributed by atoms with Gasteiger partial charge < -0.3 is 0 Å². The highest BCUT2D eigenvalue weighted by molar-refractivity contribution is 14.1. The van der Waals surface area contributed by atoms with Crippen LogP contribution in [-0.2, 0) is 4.79 Å². The van der Waals surface area contributed by atoms with E-state index in [1.807, 2.05) is 0 Å². The highest BCUT2D eigenvalue weighted by atomic mass is 127. The van der Waals surface area contributed by atoms with Gasteiger partial charge in [-0.1, -0.05) is 196 Å². The molecule has 3 nitrogen and oxygen atoms in total. The summed E-state index contributed by atoms with van der Waals surface area (Å²) in [6.45, 7) is 0. The molecular weight excluding hydrogens is 557 g/mol. The lowest BCUT2D eigenvalue weighted by Crippen LogP contribution is -2.17. The van der Waals surface area contributed by atoms with Crippen LogP contribution in [0.2, 0.25) is 0 Å². The van der Waals surface area contributed by atoms with E-state index in [-0.39, 0.29) is 5.91 Å². The van der Waals surface area contributed by atoms with Crippen molar-refractivity contribution in [3.05, 3.63) is 0 Å². The van der Waals surface area contributed by atoms with Crippen LogP contribution < -0.4 is 5.48 Å². The molecule has 0 fully saturated rings. The van der Waals surface area contributed by atoms with Gasteiger partial charge in [0.1, 0.15) is 0 Å². The van der Waals surface area contributed by atoms with Gasteiger partial charge in [-0.2, -0.15) is 0 Å². The van der Waals surface area contributed by atoms with E-state index in [4.69, 9.17) is 5.21 Å².